The van der Waals surface area contributed by atoms with E-state index in [1.165, 1.54) is 37.7 Å². The fourth-order valence-corrected chi connectivity index (χ4v) is 4.57. The van der Waals surface area contributed by atoms with Crippen LogP contribution in [0.15, 0.2) is 12.4 Å². The molecule has 1 N–H and O–H groups in total. The largest absolute Gasteiger partial charge is 0.311 e. The van der Waals surface area contributed by atoms with Crippen LogP contribution in [0.4, 0.5) is 0 Å². The van der Waals surface area contributed by atoms with Gasteiger partial charge in [0.05, 0.1) is 6.20 Å². The zero-order valence-corrected chi connectivity index (χ0v) is 14.2. The van der Waals surface area contributed by atoms with Crippen LogP contribution >= 0.6 is 0 Å². The number of nitrogens with one attached hydrogen (secondary N) is 1. The summed E-state index contributed by atoms with van der Waals surface area (Å²) in [6.45, 7) is 11.1. The van der Waals surface area contributed by atoms with Gasteiger partial charge in [-0.15, -0.1) is 0 Å². The molecule has 3 atom stereocenters. The first-order chi connectivity index (χ1) is 9.90. The van der Waals surface area contributed by atoms with Crippen molar-refractivity contribution in [3.8, 4) is 0 Å². The van der Waals surface area contributed by atoms with Gasteiger partial charge in [0, 0.05) is 24.8 Å². The van der Waals surface area contributed by atoms with Gasteiger partial charge in [-0.2, -0.15) is 5.10 Å². The van der Waals surface area contributed by atoms with Gasteiger partial charge in [-0.3, -0.25) is 4.68 Å². The number of aromatic nitrogens is 2. The summed E-state index contributed by atoms with van der Waals surface area (Å²) < 4.78 is 2.06. The van der Waals surface area contributed by atoms with Crippen molar-refractivity contribution < 1.29 is 0 Å². The van der Waals surface area contributed by atoms with Crippen LogP contribution in [-0.2, 0) is 13.0 Å². The monoisotopic (exact) mass is 289 g/mol. The Labute approximate surface area is 129 Å². The van der Waals surface area contributed by atoms with E-state index >= 15 is 0 Å². The summed E-state index contributed by atoms with van der Waals surface area (Å²) in [5.41, 5.74) is 2.11. The average molecular weight is 289 g/mol. The maximum atomic E-state index is 4.48. The molecule has 1 heterocycles. The third kappa shape index (κ3) is 3.18. The summed E-state index contributed by atoms with van der Waals surface area (Å²) in [5.74, 6) is 1.90. The molecule has 3 heteroatoms. The molecular formula is C18H31N3. The van der Waals surface area contributed by atoms with E-state index in [4.69, 9.17) is 0 Å². The van der Waals surface area contributed by atoms with Crippen molar-refractivity contribution in [1.82, 2.24) is 15.1 Å². The molecule has 3 unspecified atom stereocenters. The summed E-state index contributed by atoms with van der Waals surface area (Å²) in [6.07, 6.45) is 11.3. The third-order valence-electron chi connectivity index (χ3n) is 5.64. The van der Waals surface area contributed by atoms with E-state index in [2.05, 4.69) is 55.2 Å². The summed E-state index contributed by atoms with van der Waals surface area (Å²) >= 11 is 0. The first kappa shape index (κ1) is 15.1. The smallest absolute Gasteiger partial charge is 0.0521 e. The van der Waals surface area contributed by atoms with Crippen molar-refractivity contribution in [3.05, 3.63) is 18.0 Å². The molecule has 3 rings (SSSR count). The second-order valence-electron chi connectivity index (χ2n) is 8.43. The fraction of sp³-hybridized carbons (Fsp3) is 0.833. The molecule has 0 saturated heterocycles. The second kappa shape index (κ2) is 5.42. The lowest BCUT2D eigenvalue weighted by Gasteiger charge is -2.40. The van der Waals surface area contributed by atoms with Gasteiger partial charge < -0.3 is 5.32 Å². The van der Waals surface area contributed by atoms with Gasteiger partial charge in [0.2, 0.25) is 0 Å². The van der Waals surface area contributed by atoms with Crippen LogP contribution in [0.1, 0.15) is 58.9 Å². The van der Waals surface area contributed by atoms with Gasteiger partial charge in [-0.25, -0.2) is 0 Å². The van der Waals surface area contributed by atoms with Crippen molar-refractivity contribution >= 4 is 0 Å². The van der Waals surface area contributed by atoms with Crippen molar-refractivity contribution in [2.45, 2.75) is 71.9 Å². The molecule has 1 aromatic heterocycles. The van der Waals surface area contributed by atoms with Crippen LogP contribution in [0.25, 0.3) is 0 Å². The average Bonchev–Trinajstić information content (AvgIpc) is 3.11. The zero-order chi connectivity index (χ0) is 15.1. The summed E-state index contributed by atoms with van der Waals surface area (Å²) in [7, 11) is 0. The molecule has 2 aliphatic rings. The molecule has 0 aromatic carbocycles. The highest BCUT2D eigenvalue weighted by Gasteiger charge is 2.50. The normalized spacial score (nSPS) is 32.0. The molecule has 3 nitrogen and oxygen atoms in total. The van der Waals surface area contributed by atoms with Gasteiger partial charge in [0.1, 0.15) is 0 Å². The molecule has 1 aromatic rings. The standard InChI is InChI=1S/C18H31N3/c1-5-21-12-15(11-20-21)10-18(13-19-17(2,3)4)9-14-6-7-16(18)8-14/h11-12,14,16,19H,5-10,13H2,1-4H3. The molecule has 0 radical (unpaired) electrons. The van der Waals surface area contributed by atoms with Crippen molar-refractivity contribution in [2.24, 2.45) is 17.3 Å². The fourth-order valence-electron chi connectivity index (χ4n) is 4.57. The van der Waals surface area contributed by atoms with E-state index in [1.807, 2.05) is 0 Å². The Kier molecular flexibility index (Phi) is 3.89. The first-order valence-electron chi connectivity index (χ1n) is 8.66. The highest BCUT2D eigenvalue weighted by molar-refractivity contribution is 5.13. The molecule has 2 bridgehead atoms. The number of aryl methyl sites for hydroxylation is 1. The molecular weight excluding hydrogens is 258 g/mol. The van der Waals surface area contributed by atoms with E-state index in [0.29, 0.717) is 5.41 Å². The number of fused-ring (bicyclic) bond motifs is 2. The minimum atomic E-state index is 0.211. The predicted octanol–water partition coefficient (Wildman–Crippen LogP) is 3.64. The Morgan fingerprint density at radius 3 is 2.71 bits per heavy atom. The zero-order valence-electron chi connectivity index (χ0n) is 14.2. The van der Waals surface area contributed by atoms with Crippen LogP contribution in [0.3, 0.4) is 0 Å². The van der Waals surface area contributed by atoms with Gasteiger partial charge in [-0.1, -0.05) is 6.42 Å². The molecule has 2 saturated carbocycles. The maximum Gasteiger partial charge on any atom is 0.0521 e. The lowest BCUT2D eigenvalue weighted by molar-refractivity contribution is 0.143. The van der Waals surface area contributed by atoms with E-state index in [9.17, 15) is 0 Å². The van der Waals surface area contributed by atoms with Crippen LogP contribution in [0.2, 0.25) is 0 Å². The van der Waals surface area contributed by atoms with Crippen LogP contribution in [-0.4, -0.2) is 21.9 Å². The van der Waals surface area contributed by atoms with Crippen molar-refractivity contribution in [2.75, 3.05) is 6.54 Å². The Morgan fingerprint density at radius 1 is 1.38 bits per heavy atom. The van der Waals surface area contributed by atoms with E-state index < -0.39 is 0 Å². The topological polar surface area (TPSA) is 29.9 Å². The number of hydrogen-bond donors (Lipinski definition) is 1. The second-order valence-corrected chi connectivity index (χ2v) is 8.43. The Morgan fingerprint density at radius 2 is 2.19 bits per heavy atom. The minimum Gasteiger partial charge on any atom is -0.311 e. The van der Waals surface area contributed by atoms with Gasteiger partial charge in [-0.05, 0) is 76.2 Å². The van der Waals surface area contributed by atoms with E-state index in [0.717, 1.165) is 24.9 Å². The minimum absolute atomic E-state index is 0.211. The first-order valence-corrected chi connectivity index (χ1v) is 8.66. The van der Waals surface area contributed by atoms with E-state index in [-0.39, 0.29) is 5.54 Å². The Hall–Kier alpha value is -0.830. The molecule has 118 valence electrons. The maximum absolute atomic E-state index is 4.48. The summed E-state index contributed by atoms with van der Waals surface area (Å²) in [5, 5.41) is 8.28. The predicted molar refractivity (Wildman–Crippen MR) is 87.2 cm³/mol. The lowest BCUT2D eigenvalue weighted by Crippen LogP contribution is -2.47. The highest BCUT2D eigenvalue weighted by atomic mass is 15.3. The summed E-state index contributed by atoms with van der Waals surface area (Å²) in [6, 6.07) is 0. The molecule has 0 spiro atoms. The molecule has 2 fully saturated rings. The Balaban J connectivity index is 1.76. The van der Waals surface area contributed by atoms with Gasteiger partial charge in [0.25, 0.3) is 0 Å². The van der Waals surface area contributed by atoms with Gasteiger partial charge >= 0.3 is 0 Å². The SMILES string of the molecule is CCn1cc(CC2(CNC(C)(C)C)CC3CCC2C3)cn1. The summed E-state index contributed by atoms with van der Waals surface area (Å²) in [4.78, 5) is 0. The molecule has 0 amide bonds. The lowest BCUT2D eigenvalue weighted by atomic mass is 9.69. The van der Waals surface area contributed by atoms with Crippen molar-refractivity contribution in [1.29, 1.82) is 0 Å². The van der Waals surface area contributed by atoms with Gasteiger partial charge in [0.15, 0.2) is 0 Å². The quantitative estimate of drug-likeness (QED) is 0.897. The molecule has 0 aliphatic heterocycles. The molecule has 2 aliphatic carbocycles. The number of rotatable bonds is 5. The number of nitrogens with zero attached hydrogens (tertiary/aromatic N) is 2. The molecule has 21 heavy (non-hydrogen) atoms. The highest BCUT2D eigenvalue weighted by Crippen LogP contribution is 2.57. The Bertz CT molecular complexity index is 485. The van der Waals surface area contributed by atoms with E-state index in [1.54, 1.807) is 0 Å². The van der Waals surface area contributed by atoms with Crippen LogP contribution < -0.4 is 5.32 Å². The van der Waals surface area contributed by atoms with Crippen LogP contribution in [0.5, 0.6) is 0 Å². The number of hydrogen-bond acceptors (Lipinski definition) is 2. The third-order valence-corrected chi connectivity index (χ3v) is 5.64. The van der Waals surface area contributed by atoms with Crippen LogP contribution in [0, 0.1) is 17.3 Å². The van der Waals surface area contributed by atoms with Crippen molar-refractivity contribution in [3.63, 3.8) is 0 Å².